The average molecular weight is 1030 g/mol. The van der Waals surface area contributed by atoms with Gasteiger partial charge in [-0.3, -0.25) is 39.9 Å². The van der Waals surface area contributed by atoms with Crippen molar-refractivity contribution >= 4 is 0 Å². The molecule has 0 radical (unpaired) electrons. The Morgan fingerprint density at radius 1 is 0.276 bits per heavy atom. The molecule has 0 spiro atoms. The molecule has 8 heteroatoms. The lowest BCUT2D eigenvalue weighted by atomic mass is 10.1. The topological polar surface area (TPSA) is 103 Å². The van der Waals surface area contributed by atoms with Crippen molar-refractivity contribution in [2.75, 3.05) is 0 Å². The van der Waals surface area contributed by atoms with E-state index in [1.54, 1.807) is 0 Å². The van der Waals surface area contributed by atoms with Crippen molar-refractivity contribution in [1.29, 1.82) is 0 Å². The third-order valence-electron chi connectivity index (χ3n) is 13.6. The number of aryl methyl sites for hydroxylation is 20. The van der Waals surface area contributed by atoms with Crippen LogP contribution < -0.4 is 0 Å². The maximum Gasteiger partial charge on any atom is 0.0405 e. The molecule has 0 amide bonds. The van der Waals surface area contributed by atoms with Crippen LogP contribution in [-0.4, -0.2) is 39.9 Å². The van der Waals surface area contributed by atoms with Gasteiger partial charge in [-0.2, -0.15) is 0 Å². The first-order valence-electron chi connectivity index (χ1n) is 27.4. The highest BCUT2D eigenvalue weighted by Crippen LogP contribution is 2.12. The molecular weight excluding hydrogens is 929 g/mol. The smallest absolute Gasteiger partial charge is 0.0405 e. The average Bonchev–Trinajstić information content (AvgIpc) is 3.42. The molecule has 8 aromatic rings. The summed E-state index contributed by atoms with van der Waals surface area (Å²) in [4.78, 5) is 33.8. The standard InChI is InChI=1S/6C9H13N.2C7H9N/c2*1-4-9-5-7(2)8(3)10-6-9;2*1-4-9-5-6-10-8(3)7(9)2;2*1-4-9-6-5-7(2)8(3)10-9;2*1-6-4-3-5-8-7(6)2/h6*5-6H,4H2,1-3H3;2*3-5H,1-2H3. The van der Waals surface area contributed by atoms with Gasteiger partial charge in [0.15, 0.2) is 0 Å². The Morgan fingerprint density at radius 2 is 0.592 bits per heavy atom. The van der Waals surface area contributed by atoms with Crippen LogP contribution in [0.25, 0.3) is 0 Å². The van der Waals surface area contributed by atoms with Gasteiger partial charge in [-0.05, 0) is 252 Å². The zero-order valence-corrected chi connectivity index (χ0v) is 51.2. The molecule has 0 aromatic carbocycles. The molecule has 76 heavy (non-hydrogen) atoms. The summed E-state index contributed by atoms with van der Waals surface area (Å²) in [5, 5.41) is 0. The predicted molar refractivity (Wildman–Crippen MR) is 326 cm³/mol. The maximum atomic E-state index is 4.39. The zero-order valence-electron chi connectivity index (χ0n) is 51.2. The molecule has 0 atom stereocenters. The van der Waals surface area contributed by atoms with E-state index in [1.807, 2.05) is 77.0 Å². The Labute approximate surface area is 462 Å². The van der Waals surface area contributed by atoms with Gasteiger partial charge in [0.25, 0.3) is 0 Å². The second-order valence-corrected chi connectivity index (χ2v) is 19.2. The number of rotatable bonds is 6. The highest BCUT2D eigenvalue weighted by Gasteiger charge is 2.00. The number of aromatic nitrogens is 8. The molecule has 0 N–H and O–H groups in total. The number of pyridine rings is 8. The third-order valence-corrected chi connectivity index (χ3v) is 13.6. The van der Waals surface area contributed by atoms with Crippen molar-refractivity contribution < 1.29 is 0 Å². The zero-order chi connectivity index (χ0) is 57.3. The second kappa shape index (κ2) is 37.0. The SMILES string of the molecule is CCc1ccc(C)c(C)n1.CCc1ccc(C)c(C)n1.CCc1ccnc(C)c1C.CCc1ccnc(C)c1C.CCc1cnc(C)c(C)c1.CCc1cnc(C)c(C)c1.Cc1cccnc1C.Cc1cccnc1C. The second-order valence-electron chi connectivity index (χ2n) is 19.2. The van der Waals surface area contributed by atoms with Crippen LogP contribution in [0.5, 0.6) is 0 Å². The first-order chi connectivity index (χ1) is 36.1. The van der Waals surface area contributed by atoms with Gasteiger partial charge in [0.1, 0.15) is 0 Å². The lowest BCUT2D eigenvalue weighted by Crippen LogP contribution is -1.91. The third kappa shape index (κ3) is 25.6. The van der Waals surface area contributed by atoms with Gasteiger partial charge < -0.3 is 0 Å². The summed E-state index contributed by atoms with van der Waals surface area (Å²) in [6.45, 7) is 45.9. The van der Waals surface area contributed by atoms with Gasteiger partial charge in [-0.1, -0.05) is 77.9 Å². The minimum Gasteiger partial charge on any atom is -0.261 e. The maximum absolute atomic E-state index is 4.39. The summed E-state index contributed by atoms with van der Waals surface area (Å²) >= 11 is 0. The molecule has 0 saturated carbocycles. The van der Waals surface area contributed by atoms with Gasteiger partial charge in [-0.15, -0.1) is 0 Å². The van der Waals surface area contributed by atoms with Gasteiger partial charge in [0.05, 0.1) is 0 Å². The number of hydrogen-bond donors (Lipinski definition) is 0. The Hall–Kier alpha value is -6.80. The van der Waals surface area contributed by atoms with Crippen LogP contribution in [0, 0.1) is 111 Å². The largest absolute Gasteiger partial charge is 0.261 e. The van der Waals surface area contributed by atoms with Crippen molar-refractivity contribution in [3.05, 3.63) is 234 Å². The van der Waals surface area contributed by atoms with Gasteiger partial charge >= 0.3 is 0 Å². The van der Waals surface area contributed by atoms with Crippen LogP contribution in [0.3, 0.4) is 0 Å². The molecular formula is C68H96N8. The van der Waals surface area contributed by atoms with Crippen molar-refractivity contribution in [1.82, 2.24) is 39.9 Å². The fourth-order valence-electron chi connectivity index (χ4n) is 6.83. The first-order valence-corrected chi connectivity index (χ1v) is 27.4. The van der Waals surface area contributed by atoms with E-state index >= 15 is 0 Å². The highest BCUT2D eigenvalue weighted by molar-refractivity contribution is 5.29. The Morgan fingerprint density at radius 3 is 0.829 bits per heavy atom. The van der Waals surface area contributed by atoms with E-state index in [1.165, 1.54) is 78.1 Å². The lowest BCUT2D eigenvalue weighted by Gasteiger charge is -2.03. The normalized spacial score (nSPS) is 9.76. The Bertz CT molecular complexity index is 2580. The van der Waals surface area contributed by atoms with Gasteiger partial charge in [0, 0.05) is 94.1 Å². The van der Waals surface area contributed by atoms with E-state index < -0.39 is 0 Å². The molecule has 8 aromatic heterocycles. The van der Waals surface area contributed by atoms with E-state index in [-0.39, 0.29) is 0 Å². The quantitative estimate of drug-likeness (QED) is 0.162. The molecule has 8 nitrogen and oxygen atoms in total. The molecule has 8 heterocycles. The molecule has 0 saturated heterocycles. The summed E-state index contributed by atoms with van der Waals surface area (Å²) in [6.07, 6.45) is 17.7. The summed E-state index contributed by atoms with van der Waals surface area (Å²) in [7, 11) is 0. The minimum atomic E-state index is 1.03. The van der Waals surface area contributed by atoms with Crippen molar-refractivity contribution in [2.45, 2.75) is 191 Å². The predicted octanol–water partition coefficient (Wildman–Crippen LogP) is 17.0. The fourth-order valence-corrected chi connectivity index (χ4v) is 6.83. The number of nitrogens with zero attached hydrogens (tertiary/aromatic N) is 8. The van der Waals surface area contributed by atoms with Crippen LogP contribution in [0.15, 0.2) is 110 Å². The van der Waals surface area contributed by atoms with Crippen LogP contribution in [-0.2, 0) is 38.5 Å². The van der Waals surface area contributed by atoms with Gasteiger partial charge in [0.2, 0.25) is 0 Å². The Kier molecular flexibility index (Phi) is 32.7. The van der Waals surface area contributed by atoms with E-state index in [4.69, 9.17) is 0 Å². The Balaban J connectivity index is 0.000000435. The van der Waals surface area contributed by atoms with Crippen LogP contribution >= 0.6 is 0 Å². The van der Waals surface area contributed by atoms with E-state index in [0.717, 1.165) is 84.1 Å². The monoisotopic (exact) mass is 1020 g/mol. The van der Waals surface area contributed by atoms with Crippen LogP contribution in [0.1, 0.15) is 165 Å². The van der Waals surface area contributed by atoms with Crippen molar-refractivity contribution in [3.8, 4) is 0 Å². The molecule has 0 bridgehead atoms. The van der Waals surface area contributed by atoms with Crippen molar-refractivity contribution in [3.63, 3.8) is 0 Å². The summed E-state index contributed by atoms with van der Waals surface area (Å²) in [6, 6.07) is 25.0. The molecule has 408 valence electrons. The fraction of sp³-hybridized carbons (Fsp3) is 0.412. The molecule has 0 unspecified atom stereocenters. The summed E-state index contributed by atoms with van der Waals surface area (Å²) in [5.74, 6) is 0. The van der Waals surface area contributed by atoms with Crippen LogP contribution in [0.2, 0.25) is 0 Å². The molecule has 0 aliphatic carbocycles. The summed E-state index contributed by atoms with van der Waals surface area (Å²) < 4.78 is 0. The summed E-state index contributed by atoms with van der Waals surface area (Å²) in [5.41, 5.74) is 27.3. The minimum absolute atomic E-state index is 1.03. The van der Waals surface area contributed by atoms with Crippen molar-refractivity contribution in [2.24, 2.45) is 0 Å². The molecule has 0 aliphatic rings. The highest BCUT2D eigenvalue weighted by atomic mass is 14.7. The molecule has 8 rings (SSSR count). The van der Waals surface area contributed by atoms with Gasteiger partial charge in [-0.25, -0.2) is 0 Å². The molecule has 0 fully saturated rings. The number of hydrogen-bond acceptors (Lipinski definition) is 8. The van der Waals surface area contributed by atoms with E-state index in [2.05, 4.69) is 225 Å². The van der Waals surface area contributed by atoms with E-state index in [9.17, 15) is 0 Å². The van der Waals surface area contributed by atoms with Crippen LogP contribution in [0.4, 0.5) is 0 Å². The first kappa shape index (κ1) is 67.2. The van der Waals surface area contributed by atoms with E-state index in [0.29, 0.717) is 0 Å². The lowest BCUT2D eigenvalue weighted by molar-refractivity contribution is 0.993. The molecule has 0 aliphatic heterocycles.